The molecule has 0 spiro atoms. The van der Waals surface area contributed by atoms with E-state index in [1.165, 1.54) is 0 Å². The number of rotatable bonds is 7. The topological polar surface area (TPSA) is 109 Å². The summed E-state index contributed by atoms with van der Waals surface area (Å²) < 4.78 is 7.89. The molecule has 9 nitrogen and oxygen atoms in total. The Balaban J connectivity index is 1.19. The zero-order valence-corrected chi connectivity index (χ0v) is 18.7. The number of pyridine rings is 1. The molecule has 9 heteroatoms. The zero-order valence-electron chi connectivity index (χ0n) is 18.7. The zero-order chi connectivity index (χ0) is 24.2. The lowest BCUT2D eigenvalue weighted by Crippen LogP contribution is -2.54. The second-order valence-electron chi connectivity index (χ2n) is 8.06. The normalized spacial score (nSPS) is 13.1. The van der Waals surface area contributed by atoms with Crippen molar-refractivity contribution in [3.63, 3.8) is 0 Å². The second kappa shape index (κ2) is 9.60. The van der Waals surface area contributed by atoms with Crippen LogP contribution in [-0.2, 0) is 0 Å². The number of carbonyl (C=O) groups is 2. The molecule has 3 heterocycles. The first kappa shape index (κ1) is 22.0. The van der Waals surface area contributed by atoms with Crippen molar-refractivity contribution >= 4 is 29.1 Å². The highest BCUT2D eigenvalue weighted by atomic mass is 16.5. The van der Waals surface area contributed by atoms with Gasteiger partial charge < -0.3 is 29.9 Å². The van der Waals surface area contributed by atoms with Gasteiger partial charge in [-0.1, -0.05) is 6.07 Å². The smallest absolute Gasteiger partial charge is 0.337 e. The number of nitrogens with one attached hydrogen (secondary N) is 2. The fourth-order valence-corrected chi connectivity index (χ4v) is 3.96. The largest absolute Gasteiger partial charge is 0.487 e. The first-order valence-electron chi connectivity index (χ1n) is 11.1. The van der Waals surface area contributed by atoms with Gasteiger partial charge in [-0.3, -0.25) is 4.98 Å². The minimum Gasteiger partial charge on any atom is -0.487 e. The maximum absolute atomic E-state index is 12.1. The van der Waals surface area contributed by atoms with E-state index in [1.54, 1.807) is 60.9 Å². The number of ether oxygens (including phenoxy) is 1. The minimum absolute atomic E-state index is 0.0336. The molecule has 1 aliphatic heterocycles. The van der Waals surface area contributed by atoms with Gasteiger partial charge in [0.25, 0.3) is 0 Å². The van der Waals surface area contributed by atoms with E-state index in [0.29, 0.717) is 35.9 Å². The number of hydrogen-bond donors (Lipinski definition) is 3. The molecule has 0 unspecified atom stereocenters. The Labute approximate surface area is 201 Å². The summed E-state index contributed by atoms with van der Waals surface area (Å²) in [7, 11) is 0. The van der Waals surface area contributed by atoms with Gasteiger partial charge in [0, 0.05) is 24.3 Å². The van der Waals surface area contributed by atoms with Crippen molar-refractivity contribution in [3.8, 4) is 11.4 Å². The summed E-state index contributed by atoms with van der Waals surface area (Å²) in [4.78, 5) is 30.0. The van der Waals surface area contributed by atoms with E-state index in [9.17, 15) is 14.7 Å². The molecule has 1 fully saturated rings. The lowest BCUT2D eigenvalue weighted by molar-refractivity contribution is 0.0697. The number of urea groups is 1. The molecule has 5 rings (SSSR count). The van der Waals surface area contributed by atoms with E-state index in [0.717, 1.165) is 5.69 Å². The Hall–Kier alpha value is -4.79. The molecule has 2 amide bonds. The van der Waals surface area contributed by atoms with Gasteiger partial charge in [0.15, 0.2) is 0 Å². The Morgan fingerprint density at radius 3 is 2.34 bits per heavy atom. The van der Waals surface area contributed by atoms with E-state index in [2.05, 4.69) is 20.5 Å². The third-order valence-electron chi connectivity index (χ3n) is 5.63. The van der Waals surface area contributed by atoms with Crippen LogP contribution >= 0.6 is 0 Å². The summed E-state index contributed by atoms with van der Waals surface area (Å²) in [5, 5.41) is 15.2. The van der Waals surface area contributed by atoms with Gasteiger partial charge in [-0.15, -0.1) is 0 Å². The van der Waals surface area contributed by atoms with E-state index in [-0.39, 0.29) is 17.7 Å². The standard InChI is InChI=1S/C26H23N5O4/c32-25(33)22-6-3-7-23(24(22)30-13-1-2-14-30)31-16-21(17-31)35-20-10-8-18(9-11-20)28-26(34)29-19-5-4-12-27-15-19/h1-15,21H,16-17H2,(H,32,33)(H2,28,29,34). The van der Waals surface area contributed by atoms with Gasteiger partial charge in [0.05, 0.1) is 41.9 Å². The molecule has 176 valence electrons. The summed E-state index contributed by atoms with van der Waals surface area (Å²) in [6, 6.07) is 19.3. The SMILES string of the molecule is O=C(Nc1ccc(OC2CN(c3cccc(C(=O)O)c3-n3cccc3)C2)cc1)Nc1cccnc1. The number of nitrogens with zero attached hydrogens (tertiary/aromatic N) is 3. The van der Waals surface area contributed by atoms with Gasteiger partial charge >= 0.3 is 12.0 Å². The maximum Gasteiger partial charge on any atom is 0.337 e. The molecule has 2 aromatic heterocycles. The van der Waals surface area contributed by atoms with E-state index >= 15 is 0 Å². The van der Waals surface area contributed by atoms with Crippen LogP contribution < -0.4 is 20.3 Å². The van der Waals surface area contributed by atoms with Gasteiger partial charge in [-0.2, -0.15) is 0 Å². The first-order chi connectivity index (χ1) is 17.1. The second-order valence-corrected chi connectivity index (χ2v) is 8.06. The van der Waals surface area contributed by atoms with Gasteiger partial charge in [-0.05, 0) is 60.7 Å². The Bertz CT molecular complexity index is 1320. The van der Waals surface area contributed by atoms with Crippen molar-refractivity contribution in [2.75, 3.05) is 28.6 Å². The summed E-state index contributed by atoms with van der Waals surface area (Å²) in [5.41, 5.74) is 2.98. The van der Waals surface area contributed by atoms with Crippen LogP contribution in [0.4, 0.5) is 21.9 Å². The Kier molecular flexibility index (Phi) is 6.04. The predicted octanol–water partition coefficient (Wildman–Crippen LogP) is 4.48. The molecule has 1 saturated heterocycles. The van der Waals surface area contributed by atoms with Crippen LogP contribution in [0.15, 0.2) is 91.5 Å². The van der Waals surface area contributed by atoms with Crippen LogP contribution in [0.3, 0.4) is 0 Å². The lowest BCUT2D eigenvalue weighted by Gasteiger charge is -2.41. The van der Waals surface area contributed by atoms with Crippen LogP contribution in [-0.4, -0.2) is 45.9 Å². The highest BCUT2D eigenvalue weighted by Gasteiger charge is 2.31. The van der Waals surface area contributed by atoms with Crippen LogP contribution in [0.1, 0.15) is 10.4 Å². The van der Waals surface area contributed by atoms with E-state index in [1.807, 2.05) is 35.2 Å². The fraction of sp³-hybridized carbons (Fsp3) is 0.115. The minimum atomic E-state index is -0.966. The molecule has 4 aromatic rings. The van der Waals surface area contributed by atoms with E-state index < -0.39 is 5.97 Å². The van der Waals surface area contributed by atoms with Crippen molar-refractivity contribution in [2.45, 2.75) is 6.10 Å². The number of amides is 2. The molecular weight excluding hydrogens is 446 g/mol. The summed E-state index contributed by atoms with van der Waals surface area (Å²) >= 11 is 0. The molecule has 35 heavy (non-hydrogen) atoms. The van der Waals surface area contributed by atoms with Crippen LogP contribution in [0.5, 0.6) is 5.75 Å². The highest BCUT2D eigenvalue weighted by molar-refractivity contribution is 5.99. The van der Waals surface area contributed by atoms with Crippen molar-refractivity contribution < 1.29 is 19.4 Å². The molecule has 0 radical (unpaired) electrons. The Morgan fingerprint density at radius 1 is 0.914 bits per heavy atom. The molecule has 0 bridgehead atoms. The number of carbonyl (C=O) groups excluding carboxylic acids is 1. The number of carboxylic acids is 1. The van der Waals surface area contributed by atoms with Gasteiger partial charge in [0.2, 0.25) is 0 Å². The molecule has 3 N–H and O–H groups in total. The van der Waals surface area contributed by atoms with Crippen LogP contribution in [0.2, 0.25) is 0 Å². The number of aromatic nitrogens is 2. The average molecular weight is 470 g/mol. The lowest BCUT2D eigenvalue weighted by atomic mass is 10.1. The molecule has 2 aromatic carbocycles. The van der Waals surface area contributed by atoms with Crippen molar-refractivity contribution in [2.24, 2.45) is 0 Å². The first-order valence-corrected chi connectivity index (χ1v) is 11.1. The van der Waals surface area contributed by atoms with Gasteiger partial charge in [-0.25, -0.2) is 9.59 Å². The van der Waals surface area contributed by atoms with Gasteiger partial charge in [0.1, 0.15) is 11.9 Å². The predicted molar refractivity (Wildman–Crippen MR) is 133 cm³/mol. The molecule has 0 saturated carbocycles. The summed E-state index contributed by atoms with van der Waals surface area (Å²) in [6.07, 6.45) is 6.85. The average Bonchev–Trinajstić information content (AvgIpc) is 3.37. The fourth-order valence-electron chi connectivity index (χ4n) is 3.96. The molecule has 0 atom stereocenters. The number of aromatic carboxylic acids is 1. The van der Waals surface area contributed by atoms with E-state index in [4.69, 9.17) is 4.74 Å². The van der Waals surface area contributed by atoms with Crippen LogP contribution in [0, 0.1) is 0 Å². The highest BCUT2D eigenvalue weighted by Crippen LogP contribution is 2.32. The quantitative estimate of drug-likeness (QED) is 0.368. The summed E-state index contributed by atoms with van der Waals surface area (Å²) in [5.74, 6) is -0.274. The molecule has 0 aliphatic carbocycles. The Morgan fingerprint density at radius 2 is 1.66 bits per heavy atom. The molecular formula is C26H23N5O4. The van der Waals surface area contributed by atoms with Crippen molar-refractivity contribution in [1.29, 1.82) is 0 Å². The summed E-state index contributed by atoms with van der Waals surface area (Å²) in [6.45, 7) is 1.26. The number of benzene rings is 2. The number of hydrogen-bond acceptors (Lipinski definition) is 5. The number of anilines is 3. The number of carboxylic acid groups (broad SMARTS) is 1. The number of para-hydroxylation sites is 1. The third-order valence-corrected chi connectivity index (χ3v) is 5.63. The third kappa shape index (κ3) is 4.93. The van der Waals surface area contributed by atoms with Crippen molar-refractivity contribution in [3.05, 3.63) is 97.1 Å². The maximum atomic E-state index is 12.1. The monoisotopic (exact) mass is 469 g/mol. The van der Waals surface area contributed by atoms with Crippen LogP contribution in [0.25, 0.3) is 5.69 Å². The van der Waals surface area contributed by atoms with Crippen molar-refractivity contribution in [1.82, 2.24) is 9.55 Å². The molecule has 1 aliphatic rings.